The Hall–Kier alpha value is -3.55. The number of anilines is 3. The van der Waals surface area contributed by atoms with Crippen LogP contribution in [0.15, 0.2) is 37.1 Å². The van der Waals surface area contributed by atoms with Gasteiger partial charge >= 0.3 is 0 Å². The highest BCUT2D eigenvalue weighted by molar-refractivity contribution is 5.63. The second-order valence-corrected chi connectivity index (χ2v) is 6.99. The van der Waals surface area contributed by atoms with E-state index < -0.39 is 13.0 Å². The summed E-state index contributed by atoms with van der Waals surface area (Å²) in [6.45, 7) is 1.27. The van der Waals surface area contributed by atoms with Crippen LogP contribution in [-0.2, 0) is 12.9 Å². The molecule has 0 unspecified atom stereocenters. The maximum Gasteiger partial charge on any atom is 0.180 e. The fourth-order valence-corrected chi connectivity index (χ4v) is 3.28. The number of hydrogen-bond acceptors (Lipinski definition) is 7. The molecule has 1 aliphatic rings. The topological polar surface area (TPSA) is 84.1 Å². The second-order valence-electron chi connectivity index (χ2n) is 6.99. The molecule has 1 N–H and O–H groups in total. The van der Waals surface area contributed by atoms with Crippen LogP contribution in [0.5, 0.6) is 0 Å². The van der Waals surface area contributed by atoms with Gasteiger partial charge in [0.2, 0.25) is 0 Å². The first-order chi connectivity index (χ1) is 15.6. The van der Waals surface area contributed by atoms with Gasteiger partial charge in [-0.25, -0.2) is 0 Å². The molecule has 146 valence electrons. The third kappa shape index (κ3) is 3.06. The first kappa shape index (κ1) is 13.6. The highest BCUT2D eigenvalue weighted by Gasteiger charge is 2.22. The molecule has 0 spiro atoms. The van der Waals surface area contributed by atoms with Crippen molar-refractivity contribution in [3.8, 4) is 0 Å². The van der Waals surface area contributed by atoms with Crippen LogP contribution in [0.25, 0.3) is 5.65 Å². The van der Waals surface area contributed by atoms with Gasteiger partial charge < -0.3 is 10.2 Å². The van der Waals surface area contributed by atoms with Crippen molar-refractivity contribution in [2.45, 2.75) is 33.7 Å². The standard InChI is InChI=1S/C21H22N8/c1-13-9-22-6-4-18(13)25-17-8-16-11-28(7-5-19(16)23-10-17)21-15(3)14(2)20-26-24-12-29(20)27-21/h4,6,8-10,12H,5,7,11H2,1-3H3,(H,22,25)/i7D2,11D2. The van der Waals surface area contributed by atoms with Gasteiger partial charge in [-0.3, -0.25) is 9.97 Å². The summed E-state index contributed by atoms with van der Waals surface area (Å²) in [7, 11) is 0. The number of nitrogens with one attached hydrogen (secondary N) is 1. The van der Waals surface area contributed by atoms with Crippen molar-refractivity contribution in [1.82, 2.24) is 29.8 Å². The lowest BCUT2D eigenvalue weighted by molar-refractivity contribution is 0.688. The number of aryl methyl sites for hydroxylation is 3. The minimum absolute atomic E-state index is 0.0865. The average Bonchev–Trinajstić information content (AvgIpc) is 3.22. The molecule has 0 radical (unpaired) electrons. The van der Waals surface area contributed by atoms with Crippen molar-refractivity contribution in [1.29, 1.82) is 0 Å². The van der Waals surface area contributed by atoms with E-state index in [4.69, 9.17) is 5.48 Å². The maximum absolute atomic E-state index is 9.01. The van der Waals surface area contributed by atoms with Gasteiger partial charge in [-0.15, -0.1) is 15.3 Å². The monoisotopic (exact) mass is 390 g/mol. The van der Waals surface area contributed by atoms with Crippen LogP contribution in [0.3, 0.4) is 0 Å². The Kier molecular flexibility index (Phi) is 3.19. The fraction of sp³-hybridized carbons (Fsp3) is 0.286. The summed E-state index contributed by atoms with van der Waals surface area (Å²) in [6.07, 6.45) is 6.35. The molecule has 0 aliphatic carbocycles. The molecule has 1 aliphatic heterocycles. The molecule has 5 heterocycles. The van der Waals surface area contributed by atoms with E-state index in [1.807, 2.05) is 19.9 Å². The van der Waals surface area contributed by atoms with Crippen molar-refractivity contribution in [3.63, 3.8) is 0 Å². The smallest absolute Gasteiger partial charge is 0.180 e. The first-order valence-electron chi connectivity index (χ1n) is 11.2. The second kappa shape index (κ2) is 6.80. The lowest BCUT2D eigenvalue weighted by Gasteiger charge is -2.30. The van der Waals surface area contributed by atoms with Crippen molar-refractivity contribution >= 4 is 22.8 Å². The van der Waals surface area contributed by atoms with Gasteiger partial charge in [0.25, 0.3) is 0 Å². The molecule has 8 nitrogen and oxygen atoms in total. The highest BCUT2D eigenvalue weighted by atomic mass is 15.4. The van der Waals surface area contributed by atoms with Crippen LogP contribution in [-0.4, -0.2) is 36.3 Å². The molecule has 5 rings (SSSR count). The summed E-state index contributed by atoms with van der Waals surface area (Å²) in [5, 5.41) is 15.7. The van der Waals surface area contributed by atoms with Gasteiger partial charge in [0.1, 0.15) is 6.33 Å². The van der Waals surface area contributed by atoms with E-state index in [0.717, 1.165) is 21.7 Å². The molecule has 29 heavy (non-hydrogen) atoms. The summed E-state index contributed by atoms with van der Waals surface area (Å²) < 4.78 is 36.9. The third-order valence-corrected chi connectivity index (χ3v) is 5.08. The van der Waals surface area contributed by atoms with E-state index >= 15 is 0 Å². The molecular weight excluding hydrogens is 364 g/mol. The molecular formula is C21H22N8. The Morgan fingerprint density at radius 2 is 2.07 bits per heavy atom. The largest absolute Gasteiger partial charge is 0.354 e. The molecule has 0 fully saturated rings. The summed E-state index contributed by atoms with van der Waals surface area (Å²) in [5.41, 5.74) is 4.99. The molecule has 0 saturated carbocycles. The van der Waals surface area contributed by atoms with E-state index in [1.165, 1.54) is 10.8 Å². The van der Waals surface area contributed by atoms with Gasteiger partial charge in [0.05, 0.1) is 14.6 Å². The molecule has 8 heteroatoms. The van der Waals surface area contributed by atoms with Crippen molar-refractivity contribution in [2.24, 2.45) is 0 Å². The maximum atomic E-state index is 9.01. The van der Waals surface area contributed by atoms with Crippen LogP contribution >= 0.6 is 0 Å². The highest BCUT2D eigenvalue weighted by Crippen LogP contribution is 2.29. The van der Waals surface area contributed by atoms with E-state index in [2.05, 4.69) is 30.6 Å². The molecule has 0 saturated heterocycles. The number of aromatic nitrogens is 6. The minimum atomic E-state index is -2.22. The number of hydrogen-bond donors (Lipinski definition) is 1. The third-order valence-electron chi connectivity index (χ3n) is 5.08. The zero-order chi connectivity index (χ0) is 23.5. The molecule has 4 aromatic rings. The quantitative estimate of drug-likeness (QED) is 0.575. The normalized spacial score (nSPS) is 19.1. The van der Waals surface area contributed by atoms with Crippen molar-refractivity contribution in [2.75, 3.05) is 16.7 Å². The van der Waals surface area contributed by atoms with Crippen LogP contribution in [0, 0.1) is 20.8 Å². The molecule has 4 aromatic heterocycles. The van der Waals surface area contributed by atoms with Crippen LogP contribution in [0.1, 0.15) is 33.4 Å². The predicted molar refractivity (Wildman–Crippen MR) is 112 cm³/mol. The van der Waals surface area contributed by atoms with Crippen LogP contribution in [0.2, 0.25) is 0 Å². The molecule has 0 bridgehead atoms. The van der Waals surface area contributed by atoms with Gasteiger partial charge in [-0.2, -0.15) is 4.52 Å². The van der Waals surface area contributed by atoms with Crippen LogP contribution in [0.4, 0.5) is 17.2 Å². The van der Waals surface area contributed by atoms with Crippen molar-refractivity contribution < 1.29 is 5.48 Å². The van der Waals surface area contributed by atoms with Gasteiger partial charge in [-0.05, 0) is 44.0 Å². The fourth-order valence-electron chi connectivity index (χ4n) is 3.28. The number of pyridine rings is 2. The molecule has 0 atom stereocenters. The summed E-state index contributed by atoms with van der Waals surface area (Å²) in [6, 6.07) is 3.52. The minimum Gasteiger partial charge on any atom is -0.354 e. The Morgan fingerprint density at radius 3 is 2.93 bits per heavy atom. The SMILES string of the molecule is [2H]C1([2H])Cc2ncc(Nc3ccncc3C)cc2C([2H])([2H])N1c1nn2cnnc2c(C)c1C. The van der Waals surface area contributed by atoms with Crippen molar-refractivity contribution in [3.05, 3.63) is 65.0 Å². The van der Waals surface area contributed by atoms with E-state index in [9.17, 15) is 0 Å². The summed E-state index contributed by atoms with van der Waals surface area (Å²) in [4.78, 5) is 9.61. The van der Waals surface area contributed by atoms with E-state index in [-0.39, 0.29) is 17.8 Å². The van der Waals surface area contributed by atoms with Gasteiger partial charge in [0, 0.05) is 57.1 Å². The molecule has 0 aromatic carbocycles. The zero-order valence-electron chi connectivity index (χ0n) is 20.3. The zero-order valence-corrected chi connectivity index (χ0v) is 16.3. The number of fused-ring (bicyclic) bond motifs is 2. The van der Waals surface area contributed by atoms with E-state index in [0.29, 0.717) is 22.6 Å². The average molecular weight is 390 g/mol. The van der Waals surface area contributed by atoms with Gasteiger partial charge in [-0.1, -0.05) is 0 Å². The predicted octanol–water partition coefficient (Wildman–Crippen LogP) is 3.15. The Balaban J connectivity index is 1.64. The Labute approximate surface area is 174 Å². The summed E-state index contributed by atoms with van der Waals surface area (Å²) in [5.74, 6) is 0.198. The Morgan fingerprint density at radius 1 is 1.17 bits per heavy atom. The number of rotatable bonds is 3. The lowest BCUT2D eigenvalue weighted by Crippen LogP contribution is -2.32. The summed E-state index contributed by atoms with van der Waals surface area (Å²) >= 11 is 0. The number of nitrogens with zero attached hydrogens (tertiary/aromatic N) is 7. The first-order valence-corrected chi connectivity index (χ1v) is 9.24. The van der Waals surface area contributed by atoms with E-state index in [1.54, 1.807) is 31.6 Å². The van der Waals surface area contributed by atoms with Crippen LogP contribution < -0.4 is 10.2 Å². The Bertz CT molecular complexity index is 1380. The lowest BCUT2D eigenvalue weighted by atomic mass is 10.0. The van der Waals surface area contributed by atoms with Gasteiger partial charge in [0.15, 0.2) is 11.5 Å². The molecule has 0 amide bonds.